The molecule has 1 saturated heterocycles. The summed E-state index contributed by atoms with van der Waals surface area (Å²) in [5.41, 5.74) is 7.96. The Hall–Kier alpha value is -0.860. The molecular formula is C11H16N2. The first-order chi connectivity index (χ1) is 6.29. The van der Waals surface area contributed by atoms with Crippen LogP contribution >= 0.6 is 0 Å². The Bertz CT molecular complexity index is 271. The van der Waals surface area contributed by atoms with Crippen LogP contribution in [0.1, 0.15) is 25.5 Å². The standard InChI is InChI=1S/C11H16N2/c1-8-9(2)12-13-11(8)10-6-4-3-5-7-10/h3-9,11-13H,1-2H3. The third-order valence-electron chi connectivity index (χ3n) is 2.94. The van der Waals surface area contributed by atoms with Gasteiger partial charge in [-0.2, -0.15) is 0 Å². The van der Waals surface area contributed by atoms with Crippen LogP contribution in [0.3, 0.4) is 0 Å². The molecule has 1 heterocycles. The highest BCUT2D eigenvalue weighted by atomic mass is 15.4. The van der Waals surface area contributed by atoms with Gasteiger partial charge in [0.2, 0.25) is 0 Å². The van der Waals surface area contributed by atoms with Crippen molar-refractivity contribution in [2.75, 3.05) is 0 Å². The Labute approximate surface area is 79.3 Å². The van der Waals surface area contributed by atoms with E-state index >= 15 is 0 Å². The summed E-state index contributed by atoms with van der Waals surface area (Å²) in [7, 11) is 0. The number of nitrogens with one attached hydrogen (secondary N) is 2. The molecule has 1 aromatic rings. The minimum absolute atomic E-state index is 0.455. The van der Waals surface area contributed by atoms with Crippen molar-refractivity contribution in [2.45, 2.75) is 25.9 Å². The Kier molecular flexibility index (Phi) is 2.34. The van der Waals surface area contributed by atoms with Gasteiger partial charge in [0.1, 0.15) is 0 Å². The van der Waals surface area contributed by atoms with Crippen LogP contribution in [0.25, 0.3) is 0 Å². The van der Waals surface area contributed by atoms with Crippen LogP contribution in [-0.4, -0.2) is 6.04 Å². The number of rotatable bonds is 1. The van der Waals surface area contributed by atoms with Crippen LogP contribution in [0.15, 0.2) is 30.3 Å². The highest BCUT2D eigenvalue weighted by Crippen LogP contribution is 2.27. The summed E-state index contributed by atoms with van der Waals surface area (Å²) in [5, 5.41) is 0. The van der Waals surface area contributed by atoms with E-state index in [4.69, 9.17) is 0 Å². The van der Waals surface area contributed by atoms with E-state index in [2.05, 4.69) is 55.0 Å². The molecule has 0 saturated carbocycles. The van der Waals surface area contributed by atoms with E-state index in [1.54, 1.807) is 0 Å². The Morgan fingerprint density at radius 3 is 2.23 bits per heavy atom. The van der Waals surface area contributed by atoms with Crippen LogP contribution in [0.4, 0.5) is 0 Å². The van der Waals surface area contributed by atoms with Crippen molar-refractivity contribution in [3.63, 3.8) is 0 Å². The molecule has 0 radical (unpaired) electrons. The molecule has 2 nitrogen and oxygen atoms in total. The molecular weight excluding hydrogens is 160 g/mol. The van der Waals surface area contributed by atoms with Crippen LogP contribution in [0.2, 0.25) is 0 Å². The average Bonchev–Trinajstić information content (AvgIpc) is 2.49. The van der Waals surface area contributed by atoms with E-state index in [-0.39, 0.29) is 0 Å². The fourth-order valence-electron chi connectivity index (χ4n) is 1.82. The predicted octanol–water partition coefficient (Wildman–Crippen LogP) is 1.86. The molecule has 3 atom stereocenters. The molecule has 2 N–H and O–H groups in total. The lowest BCUT2D eigenvalue weighted by atomic mass is 9.92. The molecule has 13 heavy (non-hydrogen) atoms. The van der Waals surface area contributed by atoms with E-state index in [0.717, 1.165) is 0 Å². The van der Waals surface area contributed by atoms with Crippen molar-refractivity contribution < 1.29 is 0 Å². The molecule has 3 unspecified atom stereocenters. The summed E-state index contributed by atoms with van der Waals surface area (Å²) in [5.74, 6) is 0.641. The first-order valence-electron chi connectivity index (χ1n) is 4.85. The van der Waals surface area contributed by atoms with E-state index in [1.807, 2.05) is 0 Å². The summed E-state index contributed by atoms with van der Waals surface area (Å²) in [6, 6.07) is 11.6. The van der Waals surface area contributed by atoms with Gasteiger partial charge in [-0.25, -0.2) is 5.43 Å². The average molecular weight is 176 g/mol. The molecule has 1 aliphatic heterocycles. The summed E-state index contributed by atoms with van der Waals surface area (Å²) in [6.45, 7) is 4.48. The summed E-state index contributed by atoms with van der Waals surface area (Å²) in [6.07, 6.45) is 0. The van der Waals surface area contributed by atoms with Crippen molar-refractivity contribution in [3.8, 4) is 0 Å². The predicted molar refractivity (Wildman–Crippen MR) is 54.1 cm³/mol. The maximum Gasteiger partial charge on any atom is 0.0503 e. The lowest BCUT2D eigenvalue weighted by molar-refractivity contribution is 0.475. The lowest BCUT2D eigenvalue weighted by Crippen LogP contribution is -2.29. The van der Waals surface area contributed by atoms with Crippen molar-refractivity contribution in [1.29, 1.82) is 0 Å². The SMILES string of the molecule is CC1NNC(c2ccccc2)C1C. The first kappa shape index (κ1) is 8.73. The minimum Gasteiger partial charge on any atom is -0.254 e. The quantitative estimate of drug-likeness (QED) is 0.682. The highest BCUT2D eigenvalue weighted by molar-refractivity contribution is 5.20. The number of hydrogen-bond acceptors (Lipinski definition) is 2. The van der Waals surface area contributed by atoms with Gasteiger partial charge in [-0.05, 0) is 18.4 Å². The van der Waals surface area contributed by atoms with Gasteiger partial charge in [0.05, 0.1) is 6.04 Å². The van der Waals surface area contributed by atoms with E-state index < -0.39 is 0 Å². The minimum atomic E-state index is 0.455. The van der Waals surface area contributed by atoms with Gasteiger partial charge >= 0.3 is 0 Å². The molecule has 70 valence electrons. The molecule has 0 amide bonds. The van der Waals surface area contributed by atoms with Gasteiger partial charge in [-0.1, -0.05) is 37.3 Å². The van der Waals surface area contributed by atoms with E-state index in [1.165, 1.54) is 5.56 Å². The molecule has 1 aliphatic rings. The van der Waals surface area contributed by atoms with E-state index in [0.29, 0.717) is 18.0 Å². The second-order valence-corrected chi connectivity index (χ2v) is 3.82. The zero-order chi connectivity index (χ0) is 9.26. The van der Waals surface area contributed by atoms with Crippen molar-refractivity contribution in [2.24, 2.45) is 5.92 Å². The highest BCUT2D eigenvalue weighted by Gasteiger charge is 2.29. The molecule has 0 bridgehead atoms. The molecule has 2 rings (SSSR count). The van der Waals surface area contributed by atoms with Crippen LogP contribution < -0.4 is 10.9 Å². The molecule has 0 spiro atoms. The van der Waals surface area contributed by atoms with Crippen molar-refractivity contribution in [3.05, 3.63) is 35.9 Å². The topological polar surface area (TPSA) is 24.1 Å². The maximum absolute atomic E-state index is 3.32. The second kappa shape index (κ2) is 3.48. The summed E-state index contributed by atoms with van der Waals surface area (Å²) < 4.78 is 0. The number of benzene rings is 1. The van der Waals surface area contributed by atoms with Gasteiger partial charge in [0.15, 0.2) is 0 Å². The third-order valence-corrected chi connectivity index (χ3v) is 2.94. The Morgan fingerprint density at radius 2 is 1.69 bits per heavy atom. The number of hydrogen-bond donors (Lipinski definition) is 2. The first-order valence-corrected chi connectivity index (χ1v) is 4.85. The molecule has 2 heteroatoms. The molecule has 0 aromatic heterocycles. The van der Waals surface area contributed by atoms with Gasteiger partial charge in [0.25, 0.3) is 0 Å². The van der Waals surface area contributed by atoms with Gasteiger partial charge < -0.3 is 0 Å². The van der Waals surface area contributed by atoms with Crippen LogP contribution in [0.5, 0.6) is 0 Å². The number of hydrazine groups is 1. The molecule has 1 fully saturated rings. The van der Waals surface area contributed by atoms with E-state index in [9.17, 15) is 0 Å². The summed E-state index contributed by atoms with van der Waals surface area (Å²) >= 11 is 0. The second-order valence-electron chi connectivity index (χ2n) is 3.82. The third kappa shape index (κ3) is 1.60. The molecule has 0 aliphatic carbocycles. The van der Waals surface area contributed by atoms with Gasteiger partial charge in [-0.15, -0.1) is 0 Å². The fourth-order valence-corrected chi connectivity index (χ4v) is 1.82. The normalized spacial score (nSPS) is 33.5. The zero-order valence-electron chi connectivity index (χ0n) is 8.12. The Morgan fingerprint density at radius 1 is 1.00 bits per heavy atom. The lowest BCUT2D eigenvalue weighted by Gasteiger charge is -2.16. The smallest absolute Gasteiger partial charge is 0.0503 e. The maximum atomic E-state index is 3.32. The van der Waals surface area contributed by atoms with Gasteiger partial charge in [0, 0.05) is 6.04 Å². The largest absolute Gasteiger partial charge is 0.254 e. The fraction of sp³-hybridized carbons (Fsp3) is 0.455. The molecule has 1 aromatic carbocycles. The summed E-state index contributed by atoms with van der Waals surface area (Å²) in [4.78, 5) is 0. The van der Waals surface area contributed by atoms with Gasteiger partial charge in [-0.3, -0.25) is 5.43 Å². The Balaban J connectivity index is 2.19. The monoisotopic (exact) mass is 176 g/mol. The zero-order valence-corrected chi connectivity index (χ0v) is 8.12. The van der Waals surface area contributed by atoms with Crippen LogP contribution in [0, 0.1) is 5.92 Å². The van der Waals surface area contributed by atoms with Crippen molar-refractivity contribution in [1.82, 2.24) is 10.9 Å². The van der Waals surface area contributed by atoms with Crippen LogP contribution in [-0.2, 0) is 0 Å². The van der Waals surface area contributed by atoms with Crippen molar-refractivity contribution >= 4 is 0 Å².